The molecule has 6 heteroatoms. The van der Waals surface area contributed by atoms with Gasteiger partial charge in [0.1, 0.15) is 5.78 Å². The maximum absolute atomic E-state index is 12.1. The van der Waals surface area contributed by atoms with Crippen molar-refractivity contribution in [1.29, 1.82) is 0 Å². The van der Waals surface area contributed by atoms with Crippen molar-refractivity contribution in [2.24, 2.45) is 0 Å². The van der Waals surface area contributed by atoms with E-state index in [2.05, 4.69) is 17.0 Å². The zero-order valence-corrected chi connectivity index (χ0v) is 16.5. The van der Waals surface area contributed by atoms with Gasteiger partial charge in [-0.15, -0.1) is 0 Å². The van der Waals surface area contributed by atoms with Gasteiger partial charge in [0.2, 0.25) is 6.79 Å². The lowest BCUT2D eigenvalue weighted by Gasteiger charge is -2.38. The first-order valence-electron chi connectivity index (χ1n) is 9.48. The Balaban J connectivity index is 1.82. The molecule has 0 saturated carbocycles. The fraction of sp³-hybridized carbons (Fsp3) is 0.261. The van der Waals surface area contributed by atoms with Crippen LogP contribution in [0.1, 0.15) is 24.9 Å². The summed E-state index contributed by atoms with van der Waals surface area (Å²) in [5, 5.41) is 12.4. The van der Waals surface area contributed by atoms with Crippen LogP contribution in [0.3, 0.4) is 0 Å². The minimum atomic E-state index is -0.192. The number of phenols is 1. The number of aromatic hydroxyl groups is 1. The highest BCUT2D eigenvalue weighted by molar-refractivity contribution is 6.05. The predicted molar refractivity (Wildman–Crippen MR) is 110 cm³/mol. The molecule has 1 unspecified atom stereocenters. The minimum absolute atomic E-state index is 0.0702. The van der Waals surface area contributed by atoms with Crippen molar-refractivity contribution in [1.82, 2.24) is 0 Å². The molecule has 5 rings (SSSR count). The van der Waals surface area contributed by atoms with Crippen LogP contribution < -0.4 is 19.1 Å². The molecule has 0 bridgehead atoms. The molecule has 3 aromatic rings. The normalized spacial score (nSPS) is 16.5. The first-order chi connectivity index (χ1) is 14.0. The number of rotatable bonds is 3. The summed E-state index contributed by atoms with van der Waals surface area (Å²) in [5.74, 6) is 2.02. The van der Waals surface area contributed by atoms with Gasteiger partial charge in [0.25, 0.3) is 0 Å². The minimum Gasteiger partial charge on any atom is -0.504 e. The molecule has 2 aliphatic heterocycles. The maximum atomic E-state index is 12.1. The van der Waals surface area contributed by atoms with E-state index in [9.17, 15) is 9.90 Å². The van der Waals surface area contributed by atoms with E-state index in [0.29, 0.717) is 12.2 Å². The third-order valence-corrected chi connectivity index (χ3v) is 5.79. The molecule has 0 radical (unpaired) electrons. The van der Waals surface area contributed by atoms with E-state index >= 15 is 0 Å². The summed E-state index contributed by atoms with van der Waals surface area (Å²) in [6.07, 6.45) is 0.343. The van der Waals surface area contributed by atoms with Crippen LogP contribution in [0.5, 0.6) is 23.0 Å². The van der Waals surface area contributed by atoms with Crippen molar-refractivity contribution in [3.8, 4) is 34.1 Å². The molecule has 2 heterocycles. The van der Waals surface area contributed by atoms with E-state index in [1.54, 1.807) is 13.0 Å². The number of carbonyl (C=O) groups is 1. The summed E-state index contributed by atoms with van der Waals surface area (Å²) in [4.78, 5) is 14.2. The van der Waals surface area contributed by atoms with Gasteiger partial charge in [-0.3, -0.25) is 4.79 Å². The number of hydrogen-bond donors (Lipinski definition) is 1. The molecule has 0 fully saturated rings. The molecule has 0 aromatic heterocycles. The number of fused-ring (bicyclic) bond motifs is 6. The quantitative estimate of drug-likeness (QED) is 0.713. The van der Waals surface area contributed by atoms with Crippen molar-refractivity contribution >= 4 is 22.2 Å². The Morgan fingerprint density at radius 1 is 1.17 bits per heavy atom. The number of benzene rings is 3. The number of carbonyl (C=O) groups excluding carboxylic acids is 1. The number of nitrogens with zero attached hydrogens (tertiary/aromatic N) is 1. The maximum Gasteiger partial charge on any atom is 0.231 e. The van der Waals surface area contributed by atoms with Gasteiger partial charge in [-0.25, -0.2) is 0 Å². The van der Waals surface area contributed by atoms with Crippen LogP contribution in [0.2, 0.25) is 0 Å². The van der Waals surface area contributed by atoms with E-state index in [4.69, 9.17) is 14.2 Å². The van der Waals surface area contributed by atoms with Crippen LogP contribution >= 0.6 is 0 Å². The van der Waals surface area contributed by atoms with Gasteiger partial charge in [-0.1, -0.05) is 12.1 Å². The zero-order valence-electron chi connectivity index (χ0n) is 16.5. The highest BCUT2D eigenvalue weighted by Gasteiger charge is 2.33. The first kappa shape index (κ1) is 17.7. The van der Waals surface area contributed by atoms with Crippen LogP contribution in [0.25, 0.3) is 21.9 Å². The van der Waals surface area contributed by atoms with Gasteiger partial charge in [0.15, 0.2) is 23.0 Å². The topological polar surface area (TPSA) is 68.2 Å². The molecular weight excluding hydrogens is 370 g/mol. The summed E-state index contributed by atoms with van der Waals surface area (Å²) in [7, 11) is 3.52. The van der Waals surface area contributed by atoms with E-state index in [-0.39, 0.29) is 24.4 Å². The van der Waals surface area contributed by atoms with Gasteiger partial charge in [-0.2, -0.15) is 0 Å². The summed E-state index contributed by atoms with van der Waals surface area (Å²) >= 11 is 0. The number of ketones is 1. The lowest BCUT2D eigenvalue weighted by molar-refractivity contribution is -0.117. The fourth-order valence-corrected chi connectivity index (χ4v) is 4.44. The van der Waals surface area contributed by atoms with E-state index in [1.165, 1.54) is 7.11 Å². The summed E-state index contributed by atoms with van der Waals surface area (Å²) in [6, 6.07) is 11.5. The number of anilines is 1. The van der Waals surface area contributed by atoms with Crippen LogP contribution in [-0.4, -0.2) is 31.8 Å². The average molecular weight is 391 g/mol. The number of Topliss-reactive ketones (excluding diaryl/α,β-unsaturated/α-hetero) is 1. The molecule has 1 atom stereocenters. The molecule has 0 spiro atoms. The van der Waals surface area contributed by atoms with Gasteiger partial charge in [0.05, 0.1) is 18.8 Å². The van der Waals surface area contributed by atoms with Crippen LogP contribution in [-0.2, 0) is 4.79 Å². The lowest BCUT2D eigenvalue weighted by atomic mass is 9.84. The highest BCUT2D eigenvalue weighted by Crippen LogP contribution is 2.52. The Morgan fingerprint density at radius 3 is 2.66 bits per heavy atom. The van der Waals surface area contributed by atoms with Crippen LogP contribution in [0, 0.1) is 0 Å². The molecule has 0 saturated heterocycles. The average Bonchev–Trinajstić information content (AvgIpc) is 3.15. The second-order valence-electron chi connectivity index (χ2n) is 7.53. The number of hydrogen-bond acceptors (Lipinski definition) is 6. The Morgan fingerprint density at radius 2 is 1.93 bits per heavy atom. The molecular formula is C23H21NO5. The summed E-state index contributed by atoms with van der Waals surface area (Å²) in [5.41, 5.74) is 3.91. The van der Waals surface area contributed by atoms with Crippen molar-refractivity contribution < 1.29 is 24.1 Å². The fourth-order valence-electron chi connectivity index (χ4n) is 4.44. The van der Waals surface area contributed by atoms with Crippen molar-refractivity contribution in [2.45, 2.75) is 19.4 Å². The molecule has 29 heavy (non-hydrogen) atoms. The van der Waals surface area contributed by atoms with Gasteiger partial charge < -0.3 is 24.2 Å². The summed E-state index contributed by atoms with van der Waals surface area (Å²) in [6.45, 7) is 1.81. The second kappa shape index (κ2) is 6.30. The first-order valence-corrected chi connectivity index (χ1v) is 9.48. The zero-order chi connectivity index (χ0) is 20.3. The Hall–Kier alpha value is -3.41. The van der Waals surface area contributed by atoms with Crippen LogP contribution in [0.4, 0.5) is 5.69 Å². The number of methoxy groups -OCH3 is 1. The van der Waals surface area contributed by atoms with Gasteiger partial charge >= 0.3 is 0 Å². The molecule has 0 aliphatic carbocycles. The van der Waals surface area contributed by atoms with Crippen LogP contribution in [0.15, 0.2) is 36.4 Å². The largest absolute Gasteiger partial charge is 0.504 e. The monoisotopic (exact) mass is 391 g/mol. The predicted octanol–water partition coefficient (Wildman–Crippen LogP) is 4.42. The molecule has 2 aliphatic rings. The van der Waals surface area contributed by atoms with Crippen molar-refractivity contribution in [3.63, 3.8) is 0 Å². The van der Waals surface area contributed by atoms with E-state index in [0.717, 1.165) is 44.6 Å². The number of ether oxygens (including phenoxy) is 3. The molecule has 0 amide bonds. The van der Waals surface area contributed by atoms with Gasteiger partial charge in [-0.05, 0) is 47.7 Å². The Labute approximate surface area is 168 Å². The lowest BCUT2D eigenvalue weighted by Crippen LogP contribution is -2.30. The highest BCUT2D eigenvalue weighted by atomic mass is 16.7. The molecule has 148 valence electrons. The van der Waals surface area contributed by atoms with Crippen molar-refractivity contribution in [2.75, 3.05) is 25.9 Å². The Bertz CT molecular complexity index is 1170. The summed E-state index contributed by atoms with van der Waals surface area (Å²) < 4.78 is 16.5. The van der Waals surface area contributed by atoms with Gasteiger partial charge in [0, 0.05) is 24.4 Å². The smallest absolute Gasteiger partial charge is 0.231 e. The Kier molecular flexibility index (Phi) is 3.84. The number of phenolic OH excluding ortho intramolecular Hbond substituents is 1. The van der Waals surface area contributed by atoms with Crippen molar-refractivity contribution in [3.05, 3.63) is 42.0 Å². The SMILES string of the molecule is COc1cc2c(cc1O)C(CC(C)=O)N(C)c1c-2ccc2cc3c(cc12)OCO3. The standard InChI is InChI=1S/C23H21NO5/c1-12(25)6-18-17-8-19(26)20(27-3)10-16(17)14-5-4-13-7-21-22(29-11-28-21)9-15(13)23(14)24(18)2/h4-5,7-10,18,26H,6,11H2,1-3H3. The van der Waals surface area contributed by atoms with E-state index in [1.807, 2.05) is 25.2 Å². The van der Waals surface area contributed by atoms with E-state index < -0.39 is 0 Å². The molecule has 1 N–H and O–H groups in total. The third-order valence-electron chi connectivity index (χ3n) is 5.79. The third kappa shape index (κ3) is 2.59. The molecule has 3 aromatic carbocycles. The molecule has 6 nitrogen and oxygen atoms in total. The second-order valence-corrected chi connectivity index (χ2v) is 7.53.